The molecule has 1 saturated carbocycles. The molecule has 1 unspecified atom stereocenters. The van der Waals surface area contributed by atoms with Gasteiger partial charge < -0.3 is 14.6 Å². The molecule has 4 aromatic rings. The lowest BCUT2D eigenvalue weighted by molar-refractivity contribution is 0.0975. The van der Waals surface area contributed by atoms with Gasteiger partial charge in [0, 0.05) is 29.0 Å². The summed E-state index contributed by atoms with van der Waals surface area (Å²) in [6.45, 7) is 0.797. The molecule has 2 aromatic heterocycles. The van der Waals surface area contributed by atoms with E-state index in [-0.39, 0.29) is 6.61 Å². The van der Waals surface area contributed by atoms with E-state index in [1.54, 1.807) is 17.3 Å². The molecule has 1 atom stereocenters. The van der Waals surface area contributed by atoms with Gasteiger partial charge in [-0.1, -0.05) is 74.8 Å². The van der Waals surface area contributed by atoms with Crippen LogP contribution in [0.3, 0.4) is 0 Å². The van der Waals surface area contributed by atoms with Crippen LogP contribution in [0.4, 0.5) is 15.6 Å². The second kappa shape index (κ2) is 14.5. The fourth-order valence-electron chi connectivity index (χ4n) is 4.74. The second-order valence-electron chi connectivity index (χ2n) is 9.76. The summed E-state index contributed by atoms with van der Waals surface area (Å²) in [5, 5.41) is 16.3. The normalized spacial score (nSPS) is 14.3. The molecule has 8 nitrogen and oxygen atoms in total. The summed E-state index contributed by atoms with van der Waals surface area (Å²) in [5.41, 5.74) is 3.17. The summed E-state index contributed by atoms with van der Waals surface area (Å²) in [4.78, 5) is 23.1. The number of carbonyl (C=O) groups excluding carboxylic acids is 1. The number of aliphatic hydroxyl groups excluding tert-OH is 1. The Kier molecular flexibility index (Phi) is 10.3. The van der Waals surface area contributed by atoms with Crippen LogP contribution in [0.2, 0.25) is 0 Å². The number of nitrogens with zero attached hydrogens (tertiary/aromatic N) is 3. The van der Waals surface area contributed by atoms with Crippen LogP contribution in [0.1, 0.15) is 37.7 Å². The minimum Gasteiger partial charge on any atom is -0.492 e. The number of aromatic nitrogens is 2. The average Bonchev–Trinajstić information content (AvgIpc) is 3.50. The highest BCUT2D eigenvalue weighted by atomic mass is 127. The van der Waals surface area contributed by atoms with Crippen LogP contribution >= 0.6 is 32.1 Å². The van der Waals surface area contributed by atoms with E-state index in [2.05, 4.69) is 14.8 Å². The maximum atomic E-state index is 12.7. The Bertz CT molecular complexity index is 1430. The van der Waals surface area contributed by atoms with Crippen molar-refractivity contribution < 1.29 is 19.4 Å². The molecular weight excluding hydrogens is 651 g/mol. The molecule has 0 radical (unpaired) electrons. The minimum absolute atomic E-state index is 0.0892. The Morgan fingerprint density at radius 3 is 2.66 bits per heavy atom. The summed E-state index contributed by atoms with van der Waals surface area (Å²) in [6.07, 6.45) is 7.52. The van der Waals surface area contributed by atoms with E-state index >= 15 is 0 Å². The van der Waals surface area contributed by atoms with Crippen LogP contribution in [0.25, 0.3) is 11.3 Å². The SMILES string of the molecule is C=Ic1cc(N(c2nc(-c3ccncc3)cs2)C(O)NC(=O)OCc2ccccc2)ccc1OCC1CCCCC1. The smallest absolute Gasteiger partial charge is 0.410 e. The molecule has 2 heterocycles. The molecule has 0 saturated heterocycles. The highest BCUT2D eigenvalue weighted by molar-refractivity contribution is 14.2. The second-order valence-corrected chi connectivity index (χ2v) is 12.5. The lowest BCUT2D eigenvalue weighted by atomic mass is 9.90. The van der Waals surface area contributed by atoms with Gasteiger partial charge in [-0.2, -0.15) is 0 Å². The summed E-state index contributed by atoms with van der Waals surface area (Å²) < 4.78 is 16.9. The number of alkyl carbamates (subject to hydrolysis) is 1. The number of benzene rings is 2. The van der Waals surface area contributed by atoms with Crippen LogP contribution in [-0.4, -0.2) is 38.6 Å². The van der Waals surface area contributed by atoms with Gasteiger partial charge in [0.05, 0.1) is 15.9 Å². The number of ether oxygens (including phenoxy) is 2. The highest BCUT2D eigenvalue weighted by Crippen LogP contribution is 2.36. The first-order valence-corrected chi connectivity index (χ1v) is 17.0. The molecule has 5 rings (SSSR count). The van der Waals surface area contributed by atoms with Gasteiger partial charge in [0.15, 0.2) is 5.13 Å². The molecule has 10 heteroatoms. The molecule has 0 spiro atoms. The average molecular weight is 685 g/mol. The monoisotopic (exact) mass is 684 g/mol. The maximum Gasteiger partial charge on any atom is 0.410 e. The zero-order valence-corrected chi connectivity index (χ0v) is 25.6. The Morgan fingerprint density at radius 2 is 1.90 bits per heavy atom. The summed E-state index contributed by atoms with van der Waals surface area (Å²) in [7, 11) is 0. The summed E-state index contributed by atoms with van der Waals surface area (Å²) >= 11 is 0.788. The first kappa shape index (κ1) is 29.2. The molecule has 2 aromatic carbocycles. The van der Waals surface area contributed by atoms with Crippen LogP contribution in [0, 0.1) is 9.49 Å². The Balaban J connectivity index is 1.37. The molecule has 2 N–H and O–H groups in total. The van der Waals surface area contributed by atoms with Gasteiger partial charge in [-0.15, -0.1) is 11.3 Å². The van der Waals surface area contributed by atoms with Gasteiger partial charge in [0.1, 0.15) is 12.4 Å². The number of rotatable bonds is 11. The topological polar surface area (TPSA) is 96.8 Å². The molecule has 1 amide bonds. The van der Waals surface area contributed by atoms with E-state index in [1.165, 1.54) is 43.4 Å². The summed E-state index contributed by atoms with van der Waals surface area (Å²) in [6, 6.07) is 18.9. The van der Waals surface area contributed by atoms with Crippen LogP contribution in [-0.2, 0) is 11.3 Å². The number of nitrogens with one attached hydrogen (secondary N) is 1. The van der Waals surface area contributed by atoms with Gasteiger partial charge in [-0.25, -0.2) is 9.78 Å². The predicted molar refractivity (Wildman–Crippen MR) is 172 cm³/mol. The van der Waals surface area contributed by atoms with E-state index in [0.29, 0.717) is 23.3 Å². The van der Waals surface area contributed by atoms with Crippen molar-refractivity contribution in [1.29, 1.82) is 0 Å². The third-order valence-electron chi connectivity index (χ3n) is 6.92. The van der Waals surface area contributed by atoms with Crippen molar-refractivity contribution in [2.75, 3.05) is 11.5 Å². The summed E-state index contributed by atoms with van der Waals surface area (Å²) in [5.74, 6) is 1.43. The van der Waals surface area contributed by atoms with Crippen molar-refractivity contribution in [2.24, 2.45) is 5.92 Å². The number of halogens is 1. The number of anilines is 2. The third kappa shape index (κ3) is 7.90. The van der Waals surface area contributed by atoms with Crippen LogP contribution in [0.5, 0.6) is 5.75 Å². The van der Waals surface area contributed by atoms with Crippen molar-refractivity contribution in [1.82, 2.24) is 15.3 Å². The van der Waals surface area contributed by atoms with Crippen LogP contribution in [0.15, 0.2) is 78.4 Å². The lowest BCUT2D eigenvalue weighted by Gasteiger charge is -2.28. The van der Waals surface area contributed by atoms with Crippen molar-refractivity contribution in [3.05, 3.63) is 87.6 Å². The zero-order valence-electron chi connectivity index (χ0n) is 22.6. The predicted octanol–water partition coefficient (Wildman–Crippen LogP) is 7.08. The first-order chi connectivity index (χ1) is 20.1. The Morgan fingerprint density at radius 1 is 1.12 bits per heavy atom. The minimum atomic E-state index is -1.43. The Labute approximate surface area is 254 Å². The van der Waals surface area contributed by atoms with Crippen molar-refractivity contribution in [3.63, 3.8) is 0 Å². The molecular formula is C31H33IN4O4S. The molecule has 1 aliphatic rings. The molecule has 41 heavy (non-hydrogen) atoms. The molecule has 0 aliphatic heterocycles. The van der Waals surface area contributed by atoms with Gasteiger partial charge in [0.2, 0.25) is 6.35 Å². The largest absolute Gasteiger partial charge is 0.492 e. The van der Waals surface area contributed by atoms with E-state index in [0.717, 1.165) is 26.1 Å². The molecule has 214 valence electrons. The molecule has 0 bridgehead atoms. The Hall–Kier alpha value is -3.35. The van der Waals surface area contributed by atoms with Crippen molar-refractivity contribution in [2.45, 2.75) is 45.1 Å². The van der Waals surface area contributed by atoms with Gasteiger partial charge >= 0.3 is 6.09 Å². The lowest BCUT2D eigenvalue weighted by Crippen LogP contribution is -2.46. The molecule has 1 aliphatic carbocycles. The maximum absolute atomic E-state index is 12.7. The molecule has 1 fully saturated rings. The van der Waals surface area contributed by atoms with E-state index in [4.69, 9.17) is 14.5 Å². The van der Waals surface area contributed by atoms with Crippen molar-refractivity contribution >= 4 is 53.5 Å². The number of hydrogen-bond acceptors (Lipinski definition) is 8. The number of carbonyl (C=O) groups is 1. The third-order valence-corrected chi connectivity index (χ3v) is 9.42. The van der Waals surface area contributed by atoms with E-state index < -0.39 is 33.2 Å². The number of thiazole rings is 1. The van der Waals surface area contributed by atoms with Gasteiger partial charge in [-0.3, -0.25) is 15.2 Å². The fraction of sp³-hybridized carbons (Fsp3) is 0.290. The standard InChI is InChI=1S/C31H33IN4O4S/c1-32-26-18-25(12-13-28(26)39-19-22-8-4-2-5-9-22)36(30-34-27(21-41-30)24-14-16-33-17-15-24)29(37)35-31(38)40-20-23-10-6-3-7-11-23/h3,6-7,10-18,21-22,29,37H,1-2,4-5,8-9,19-20H2,(H,35,38). The van der Waals surface area contributed by atoms with Gasteiger partial charge in [-0.05, 0) is 54.7 Å². The number of aliphatic hydroxyl groups is 1. The zero-order chi connectivity index (χ0) is 28.4. The first-order valence-electron chi connectivity index (χ1n) is 13.6. The highest BCUT2D eigenvalue weighted by Gasteiger charge is 2.25. The quantitative estimate of drug-likeness (QED) is 0.129. The fourth-order valence-corrected chi connectivity index (χ4v) is 6.87. The van der Waals surface area contributed by atoms with E-state index in [1.807, 2.05) is 66.0 Å². The number of pyridine rings is 1. The number of amides is 1. The van der Waals surface area contributed by atoms with E-state index in [9.17, 15) is 9.90 Å². The van der Waals surface area contributed by atoms with Crippen LogP contribution < -0.4 is 15.0 Å². The van der Waals surface area contributed by atoms with Gasteiger partial charge in [0.25, 0.3) is 0 Å². The number of hydrogen-bond donors (Lipinski definition) is 2. The van der Waals surface area contributed by atoms with Crippen molar-refractivity contribution in [3.8, 4) is 17.0 Å².